The van der Waals surface area contributed by atoms with Crippen LogP contribution in [0.1, 0.15) is 12.5 Å². The fourth-order valence-electron chi connectivity index (χ4n) is 2.60. The van der Waals surface area contributed by atoms with E-state index in [4.69, 9.17) is 4.74 Å². The summed E-state index contributed by atoms with van der Waals surface area (Å²) in [4.78, 5) is 13.8. The van der Waals surface area contributed by atoms with Crippen LogP contribution in [0.2, 0.25) is 0 Å². The van der Waals surface area contributed by atoms with Crippen molar-refractivity contribution in [1.29, 1.82) is 0 Å². The lowest BCUT2D eigenvalue weighted by molar-refractivity contribution is -0.129. The van der Waals surface area contributed by atoms with E-state index in [9.17, 15) is 13.2 Å². The third kappa shape index (κ3) is 4.27. The van der Waals surface area contributed by atoms with Crippen molar-refractivity contribution < 1.29 is 17.9 Å². The molecule has 8 heteroatoms. The molecular formula is C17H20N2O4S2. The quantitative estimate of drug-likeness (QED) is 0.832. The summed E-state index contributed by atoms with van der Waals surface area (Å²) in [5.41, 5.74) is 2.00. The van der Waals surface area contributed by atoms with Crippen molar-refractivity contribution in [1.82, 2.24) is 4.72 Å². The van der Waals surface area contributed by atoms with Gasteiger partial charge < -0.3 is 9.64 Å². The zero-order valence-electron chi connectivity index (χ0n) is 13.8. The van der Waals surface area contributed by atoms with Crippen molar-refractivity contribution in [3.63, 3.8) is 0 Å². The minimum atomic E-state index is -3.54. The lowest BCUT2D eigenvalue weighted by Crippen LogP contribution is -2.50. The highest BCUT2D eigenvalue weighted by Gasteiger charge is 2.28. The Labute approximate surface area is 151 Å². The third-order valence-corrected chi connectivity index (χ3v) is 6.87. The fraction of sp³-hybridized carbons (Fsp3) is 0.353. The number of thiophene rings is 1. The number of benzene rings is 1. The van der Waals surface area contributed by atoms with Gasteiger partial charge in [-0.1, -0.05) is 25.1 Å². The lowest BCUT2D eigenvalue weighted by atomic mass is 10.1. The number of hydrogen-bond donors (Lipinski definition) is 1. The highest BCUT2D eigenvalue weighted by Crippen LogP contribution is 2.20. The van der Waals surface area contributed by atoms with Gasteiger partial charge in [-0.15, -0.1) is 11.3 Å². The summed E-state index contributed by atoms with van der Waals surface area (Å²) in [6.07, 6.45) is 0.545. The van der Waals surface area contributed by atoms with Crippen LogP contribution in [-0.2, 0) is 26.0 Å². The Hall–Kier alpha value is -1.74. The van der Waals surface area contributed by atoms with Gasteiger partial charge in [0, 0.05) is 12.2 Å². The Balaban J connectivity index is 1.65. The van der Waals surface area contributed by atoms with Crippen molar-refractivity contribution >= 4 is 33.0 Å². The van der Waals surface area contributed by atoms with Crippen LogP contribution >= 0.6 is 11.3 Å². The average molecular weight is 380 g/mol. The maximum Gasteiger partial charge on any atom is 0.253 e. The molecule has 1 aliphatic heterocycles. The molecule has 0 saturated carbocycles. The molecule has 1 saturated heterocycles. The molecule has 1 aliphatic rings. The number of nitrogens with one attached hydrogen (secondary N) is 1. The Morgan fingerprint density at radius 2 is 2.04 bits per heavy atom. The Bertz CT molecular complexity index is 817. The number of nitrogens with zero attached hydrogens (tertiary/aromatic N) is 1. The molecule has 2 aromatic rings. The maximum absolute atomic E-state index is 12.2. The van der Waals surface area contributed by atoms with Crippen LogP contribution in [0.3, 0.4) is 0 Å². The van der Waals surface area contributed by atoms with Crippen molar-refractivity contribution in [2.45, 2.75) is 23.7 Å². The van der Waals surface area contributed by atoms with Gasteiger partial charge in [0.1, 0.15) is 10.8 Å². The van der Waals surface area contributed by atoms with E-state index in [2.05, 4.69) is 11.6 Å². The number of sulfonamides is 1. The van der Waals surface area contributed by atoms with E-state index in [1.807, 2.05) is 24.3 Å². The number of ether oxygens (including phenoxy) is 1. The number of hydrogen-bond acceptors (Lipinski definition) is 5. The van der Waals surface area contributed by atoms with E-state index < -0.39 is 16.1 Å². The van der Waals surface area contributed by atoms with Crippen LogP contribution in [0.25, 0.3) is 0 Å². The van der Waals surface area contributed by atoms with Gasteiger partial charge in [-0.05, 0) is 35.6 Å². The number of aryl methyl sites for hydroxylation is 1. The minimum Gasteiger partial charge on any atom is -0.365 e. The van der Waals surface area contributed by atoms with Crippen LogP contribution in [0.4, 0.5) is 5.69 Å². The molecule has 0 spiro atoms. The molecule has 0 radical (unpaired) electrons. The number of carbonyl (C=O) groups excluding carboxylic acids is 1. The van der Waals surface area contributed by atoms with Gasteiger partial charge in [-0.25, -0.2) is 13.1 Å². The van der Waals surface area contributed by atoms with Crippen LogP contribution in [0, 0.1) is 0 Å². The minimum absolute atomic E-state index is 0.0546. The van der Waals surface area contributed by atoms with E-state index in [1.54, 1.807) is 22.4 Å². The summed E-state index contributed by atoms with van der Waals surface area (Å²) in [7, 11) is -3.54. The predicted octanol–water partition coefficient (Wildman–Crippen LogP) is 2.02. The second-order valence-corrected chi connectivity index (χ2v) is 8.68. The SMILES string of the molecule is CCc1ccc(N2CC(CNS(=O)(=O)c3cccs3)OCC2=O)cc1. The van der Waals surface area contributed by atoms with Gasteiger partial charge in [-0.2, -0.15) is 0 Å². The van der Waals surface area contributed by atoms with E-state index in [0.717, 1.165) is 23.4 Å². The average Bonchev–Trinajstić information content (AvgIpc) is 3.17. The Morgan fingerprint density at radius 1 is 1.28 bits per heavy atom. The van der Waals surface area contributed by atoms with Crippen molar-refractivity contribution in [3.05, 3.63) is 47.3 Å². The number of carbonyl (C=O) groups is 1. The summed E-state index contributed by atoms with van der Waals surface area (Å²) < 4.78 is 32.7. The molecule has 3 rings (SSSR count). The molecule has 134 valence electrons. The first kappa shape index (κ1) is 18.1. The summed E-state index contributed by atoms with van der Waals surface area (Å²) >= 11 is 1.16. The van der Waals surface area contributed by atoms with Gasteiger partial charge in [0.05, 0.1) is 12.6 Å². The molecule has 1 unspecified atom stereocenters. The summed E-state index contributed by atoms with van der Waals surface area (Å²) in [5.74, 6) is -0.124. The van der Waals surface area contributed by atoms with E-state index in [0.29, 0.717) is 6.54 Å². The van der Waals surface area contributed by atoms with E-state index >= 15 is 0 Å². The second kappa shape index (κ2) is 7.65. The smallest absolute Gasteiger partial charge is 0.253 e. The van der Waals surface area contributed by atoms with Gasteiger partial charge in [-0.3, -0.25) is 4.79 Å². The monoisotopic (exact) mass is 380 g/mol. The first-order valence-corrected chi connectivity index (χ1v) is 10.4. The number of anilines is 1. The van der Waals surface area contributed by atoms with Crippen molar-refractivity contribution in [2.75, 3.05) is 24.6 Å². The summed E-state index contributed by atoms with van der Waals surface area (Å²) in [6.45, 7) is 2.46. The molecule has 1 aromatic heterocycles. The van der Waals surface area contributed by atoms with Gasteiger partial charge >= 0.3 is 0 Å². The molecule has 6 nitrogen and oxygen atoms in total. The number of morpholine rings is 1. The molecule has 0 aliphatic carbocycles. The zero-order chi connectivity index (χ0) is 17.9. The lowest BCUT2D eigenvalue weighted by Gasteiger charge is -2.32. The normalized spacial score (nSPS) is 18.5. The molecule has 2 heterocycles. The highest BCUT2D eigenvalue weighted by atomic mass is 32.2. The first-order valence-electron chi connectivity index (χ1n) is 8.03. The maximum atomic E-state index is 12.2. The van der Waals surface area contributed by atoms with E-state index in [1.165, 1.54) is 5.56 Å². The van der Waals surface area contributed by atoms with E-state index in [-0.39, 0.29) is 23.3 Å². The fourth-order valence-corrected chi connectivity index (χ4v) is 4.70. The molecule has 1 fully saturated rings. The van der Waals surface area contributed by atoms with Gasteiger partial charge in [0.15, 0.2) is 0 Å². The molecule has 25 heavy (non-hydrogen) atoms. The largest absolute Gasteiger partial charge is 0.365 e. The molecule has 0 bridgehead atoms. The Kier molecular flexibility index (Phi) is 5.53. The van der Waals surface area contributed by atoms with Crippen LogP contribution in [-0.4, -0.2) is 40.1 Å². The molecule has 1 aromatic carbocycles. The molecular weight excluding hydrogens is 360 g/mol. The molecule has 1 amide bonds. The molecule has 1 N–H and O–H groups in total. The van der Waals surface area contributed by atoms with Gasteiger partial charge in [0.2, 0.25) is 10.0 Å². The van der Waals surface area contributed by atoms with Crippen LogP contribution in [0.15, 0.2) is 46.0 Å². The number of rotatable bonds is 6. The Morgan fingerprint density at radius 3 is 2.68 bits per heavy atom. The molecule has 1 atom stereocenters. The highest BCUT2D eigenvalue weighted by molar-refractivity contribution is 7.91. The first-order chi connectivity index (χ1) is 12.0. The van der Waals surface area contributed by atoms with Gasteiger partial charge in [0.25, 0.3) is 5.91 Å². The zero-order valence-corrected chi connectivity index (χ0v) is 15.5. The van der Waals surface area contributed by atoms with Crippen molar-refractivity contribution in [2.24, 2.45) is 0 Å². The topological polar surface area (TPSA) is 75.7 Å². The second-order valence-electron chi connectivity index (χ2n) is 5.74. The summed E-state index contributed by atoms with van der Waals surface area (Å²) in [6, 6.07) is 11.1. The number of amides is 1. The third-order valence-electron chi connectivity index (χ3n) is 4.05. The van der Waals surface area contributed by atoms with Crippen molar-refractivity contribution in [3.8, 4) is 0 Å². The van der Waals surface area contributed by atoms with Crippen LogP contribution in [0.5, 0.6) is 0 Å². The predicted molar refractivity (Wildman–Crippen MR) is 97.4 cm³/mol. The standard InChI is InChI=1S/C17H20N2O4S2/c1-2-13-5-7-14(8-6-13)19-11-15(23-12-16(19)20)10-18-25(21,22)17-4-3-9-24-17/h3-9,15,18H,2,10-12H2,1H3. The van der Waals surface area contributed by atoms with Crippen LogP contribution < -0.4 is 9.62 Å². The summed E-state index contributed by atoms with van der Waals surface area (Å²) in [5, 5.41) is 1.71.